The second-order valence-electron chi connectivity index (χ2n) is 4.51. The molecule has 5 nitrogen and oxygen atoms in total. The number of nitrogens with one attached hydrogen (secondary N) is 2. The summed E-state index contributed by atoms with van der Waals surface area (Å²) in [5, 5.41) is 10.7. The molecule has 0 saturated carbocycles. The highest BCUT2D eigenvalue weighted by Crippen LogP contribution is 2.09. The smallest absolute Gasteiger partial charge is 0.254 e. The van der Waals surface area contributed by atoms with Gasteiger partial charge in [0, 0.05) is 19.3 Å². The molecule has 1 aliphatic heterocycles. The number of carbonyl (C=O) groups excluding carboxylic acids is 1. The van der Waals surface area contributed by atoms with Gasteiger partial charge < -0.3 is 10.6 Å². The molecule has 0 bridgehead atoms. The van der Waals surface area contributed by atoms with Crippen molar-refractivity contribution >= 4 is 5.91 Å². The Balaban J connectivity index is 2.02. The molecule has 0 spiro atoms. The number of amides is 1. The number of aromatic nitrogens is 2. The van der Waals surface area contributed by atoms with Gasteiger partial charge in [0.1, 0.15) is 0 Å². The largest absolute Gasteiger partial charge is 0.349 e. The van der Waals surface area contributed by atoms with Crippen LogP contribution in [0.4, 0.5) is 0 Å². The van der Waals surface area contributed by atoms with Gasteiger partial charge in [0.15, 0.2) is 0 Å². The fraction of sp³-hybridized carbons (Fsp3) is 0.667. The summed E-state index contributed by atoms with van der Waals surface area (Å²) in [6.45, 7) is 3.99. The third kappa shape index (κ3) is 2.85. The molecule has 0 aromatic carbocycles. The van der Waals surface area contributed by atoms with Crippen molar-refractivity contribution in [1.29, 1.82) is 0 Å². The van der Waals surface area contributed by atoms with Gasteiger partial charge in [-0.25, -0.2) is 0 Å². The first-order chi connectivity index (χ1) is 8.20. The molecule has 94 valence electrons. The predicted octanol–water partition coefficient (Wildman–Crippen LogP) is 0.464. The zero-order valence-corrected chi connectivity index (χ0v) is 10.5. The number of hydrogen-bond donors (Lipinski definition) is 2. The summed E-state index contributed by atoms with van der Waals surface area (Å²) in [6, 6.07) is 0.300. The fourth-order valence-corrected chi connectivity index (χ4v) is 2.21. The molecule has 0 atom stereocenters. The molecular formula is C12H20N4O. The highest BCUT2D eigenvalue weighted by atomic mass is 16.1. The number of aryl methyl sites for hydroxylation is 2. The standard InChI is InChI=1S/C12H20N4O/c1-3-11-10(8-16(2)15-11)12(17)14-9-4-6-13-7-5-9/h8-9,13H,3-7H2,1-2H3,(H,14,17). The first-order valence-electron chi connectivity index (χ1n) is 6.24. The fourth-order valence-electron chi connectivity index (χ4n) is 2.21. The van der Waals surface area contributed by atoms with Crippen molar-refractivity contribution < 1.29 is 4.79 Å². The second kappa shape index (κ2) is 5.31. The lowest BCUT2D eigenvalue weighted by molar-refractivity contribution is 0.0928. The van der Waals surface area contributed by atoms with Gasteiger partial charge in [-0.15, -0.1) is 0 Å². The van der Waals surface area contributed by atoms with E-state index in [1.807, 2.05) is 14.0 Å². The number of nitrogens with zero attached hydrogens (tertiary/aromatic N) is 2. The topological polar surface area (TPSA) is 59.0 Å². The highest BCUT2D eigenvalue weighted by molar-refractivity contribution is 5.95. The molecule has 0 radical (unpaired) electrons. The molecule has 1 saturated heterocycles. The van der Waals surface area contributed by atoms with Gasteiger partial charge >= 0.3 is 0 Å². The van der Waals surface area contributed by atoms with Crippen LogP contribution in [0.1, 0.15) is 35.8 Å². The van der Waals surface area contributed by atoms with Crippen molar-refractivity contribution in [3.8, 4) is 0 Å². The van der Waals surface area contributed by atoms with E-state index in [4.69, 9.17) is 0 Å². The predicted molar refractivity (Wildman–Crippen MR) is 65.9 cm³/mol. The Hall–Kier alpha value is -1.36. The molecule has 1 aromatic rings. The summed E-state index contributed by atoms with van der Waals surface area (Å²) in [5.74, 6) is 0.0156. The molecule has 0 unspecified atom stereocenters. The van der Waals surface area contributed by atoms with Crippen molar-refractivity contribution in [2.75, 3.05) is 13.1 Å². The normalized spacial score (nSPS) is 17.1. The monoisotopic (exact) mass is 236 g/mol. The van der Waals surface area contributed by atoms with Gasteiger partial charge in [-0.2, -0.15) is 5.10 Å². The van der Waals surface area contributed by atoms with E-state index in [1.165, 1.54) is 0 Å². The first-order valence-corrected chi connectivity index (χ1v) is 6.24. The van der Waals surface area contributed by atoms with E-state index in [0.29, 0.717) is 11.6 Å². The Kier molecular flexibility index (Phi) is 3.78. The Morgan fingerprint density at radius 3 is 2.94 bits per heavy atom. The summed E-state index contributed by atoms with van der Waals surface area (Å²) in [5.41, 5.74) is 1.59. The van der Waals surface area contributed by atoms with Gasteiger partial charge in [0.25, 0.3) is 5.91 Å². The molecule has 1 fully saturated rings. The van der Waals surface area contributed by atoms with E-state index < -0.39 is 0 Å². The van der Waals surface area contributed by atoms with Crippen molar-refractivity contribution in [3.63, 3.8) is 0 Å². The van der Waals surface area contributed by atoms with E-state index in [1.54, 1.807) is 10.9 Å². The molecule has 0 aliphatic carbocycles. The highest BCUT2D eigenvalue weighted by Gasteiger charge is 2.19. The minimum absolute atomic E-state index is 0.0156. The third-order valence-electron chi connectivity index (χ3n) is 3.16. The SMILES string of the molecule is CCc1nn(C)cc1C(=O)NC1CCNCC1. The summed E-state index contributed by atoms with van der Waals surface area (Å²) in [7, 11) is 1.85. The van der Waals surface area contributed by atoms with Crippen molar-refractivity contribution in [2.24, 2.45) is 7.05 Å². The minimum Gasteiger partial charge on any atom is -0.349 e. The minimum atomic E-state index is 0.0156. The number of carbonyl (C=O) groups is 1. The van der Waals surface area contributed by atoms with Gasteiger partial charge in [-0.05, 0) is 32.4 Å². The van der Waals surface area contributed by atoms with Crippen LogP contribution >= 0.6 is 0 Å². The van der Waals surface area contributed by atoms with E-state index >= 15 is 0 Å². The summed E-state index contributed by atoms with van der Waals surface area (Å²) in [6.07, 6.45) is 4.60. The van der Waals surface area contributed by atoms with Gasteiger partial charge in [-0.3, -0.25) is 9.48 Å². The lowest BCUT2D eigenvalue weighted by Crippen LogP contribution is -2.42. The summed E-state index contributed by atoms with van der Waals surface area (Å²) >= 11 is 0. The van der Waals surface area contributed by atoms with Gasteiger partial charge in [-0.1, -0.05) is 6.92 Å². The van der Waals surface area contributed by atoms with E-state index in [-0.39, 0.29) is 5.91 Å². The molecule has 2 N–H and O–H groups in total. The van der Waals surface area contributed by atoms with Crippen molar-refractivity contribution in [1.82, 2.24) is 20.4 Å². The van der Waals surface area contributed by atoms with Gasteiger partial charge in [0.05, 0.1) is 11.3 Å². The van der Waals surface area contributed by atoms with E-state index in [0.717, 1.165) is 38.0 Å². The molecule has 2 heterocycles. The van der Waals surface area contributed by atoms with Crippen LogP contribution in [0.5, 0.6) is 0 Å². The molecule has 1 amide bonds. The van der Waals surface area contributed by atoms with Crippen LogP contribution in [0.15, 0.2) is 6.20 Å². The van der Waals surface area contributed by atoms with Crippen LogP contribution < -0.4 is 10.6 Å². The lowest BCUT2D eigenvalue weighted by atomic mass is 10.1. The number of rotatable bonds is 3. The second-order valence-corrected chi connectivity index (χ2v) is 4.51. The van der Waals surface area contributed by atoms with E-state index in [2.05, 4.69) is 15.7 Å². The first kappa shape index (κ1) is 12.1. The number of piperidine rings is 1. The number of hydrogen-bond acceptors (Lipinski definition) is 3. The maximum atomic E-state index is 12.1. The summed E-state index contributed by atoms with van der Waals surface area (Å²) < 4.78 is 1.70. The van der Waals surface area contributed by atoms with E-state index in [9.17, 15) is 4.79 Å². The van der Waals surface area contributed by atoms with Crippen LogP contribution in [-0.4, -0.2) is 34.8 Å². The van der Waals surface area contributed by atoms with Crippen LogP contribution in [0, 0.1) is 0 Å². The summed E-state index contributed by atoms with van der Waals surface area (Å²) in [4.78, 5) is 12.1. The zero-order valence-electron chi connectivity index (χ0n) is 10.5. The Morgan fingerprint density at radius 2 is 2.29 bits per heavy atom. The Bertz CT molecular complexity index is 393. The quantitative estimate of drug-likeness (QED) is 0.802. The van der Waals surface area contributed by atoms with Crippen molar-refractivity contribution in [2.45, 2.75) is 32.2 Å². The molecular weight excluding hydrogens is 216 g/mol. The maximum absolute atomic E-state index is 12.1. The van der Waals surface area contributed by atoms with Crippen LogP contribution in [-0.2, 0) is 13.5 Å². The molecule has 2 rings (SSSR count). The average Bonchev–Trinajstić information content (AvgIpc) is 2.72. The maximum Gasteiger partial charge on any atom is 0.254 e. The zero-order chi connectivity index (χ0) is 12.3. The molecule has 1 aliphatic rings. The van der Waals surface area contributed by atoms with Crippen LogP contribution in [0.25, 0.3) is 0 Å². The molecule has 5 heteroatoms. The molecule has 1 aromatic heterocycles. The van der Waals surface area contributed by atoms with Crippen LogP contribution in [0.3, 0.4) is 0 Å². The van der Waals surface area contributed by atoms with Crippen LogP contribution in [0.2, 0.25) is 0 Å². The molecule has 17 heavy (non-hydrogen) atoms. The average molecular weight is 236 g/mol. The lowest BCUT2D eigenvalue weighted by Gasteiger charge is -2.23. The third-order valence-corrected chi connectivity index (χ3v) is 3.16. The van der Waals surface area contributed by atoms with Gasteiger partial charge in [0.2, 0.25) is 0 Å². The Labute approximate surface area is 102 Å². The Morgan fingerprint density at radius 1 is 1.59 bits per heavy atom. The van der Waals surface area contributed by atoms with Crippen molar-refractivity contribution in [3.05, 3.63) is 17.5 Å².